The number of hydrogen-bond donors (Lipinski definition) is 1. The van der Waals surface area contributed by atoms with Crippen LogP contribution < -0.4 is 10.1 Å². The Morgan fingerprint density at radius 1 is 1.30 bits per heavy atom. The first-order chi connectivity index (χ1) is 9.54. The fourth-order valence-corrected chi connectivity index (χ4v) is 2.14. The molecular weight excluding hydrogens is 349 g/mol. The largest absolute Gasteiger partial charge is 0.484 e. The SMILES string of the molecule is O=C(COc1cc(F)cc(Br)c1)Nc1ccccc1Cl. The minimum Gasteiger partial charge on any atom is -0.484 e. The standard InChI is InChI=1S/C14H10BrClFNO2/c15-9-5-10(17)7-11(6-9)20-8-14(19)18-13-4-2-1-3-12(13)16/h1-7H,8H2,(H,18,19). The molecule has 2 aromatic rings. The van der Waals surface area contributed by atoms with E-state index in [4.69, 9.17) is 16.3 Å². The lowest BCUT2D eigenvalue weighted by atomic mass is 10.3. The Morgan fingerprint density at radius 2 is 2.05 bits per heavy atom. The lowest BCUT2D eigenvalue weighted by Crippen LogP contribution is -2.20. The number of carbonyl (C=O) groups excluding carboxylic acids is 1. The maximum Gasteiger partial charge on any atom is 0.262 e. The summed E-state index contributed by atoms with van der Waals surface area (Å²) in [5, 5.41) is 3.05. The fourth-order valence-electron chi connectivity index (χ4n) is 1.51. The highest BCUT2D eigenvalue weighted by molar-refractivity contribution is 9.10. The first kappa shape index (κ1) is 14.8. The van der Waals surface area contributed by atoms with Crippen LogP contribution in [0.25, 0.3) is 0 Å². The van der Waals surface area contributed by atoms with Crippen molar-refractivity contribution >= 4 is 39.1 Å². The van der Waals surface area contributed by atoms with Crippen molar-refractivity contribution in [1.82, 2.24) is 0 Å². The highest BCUT2D eigenvalue weighted by Gasteiger charge is 2.07. The average Bonchev–Trinajstić information content (AvgIpc) is 2.38. The van der Waals surface area contributed by atoms with Crippen molar-refractivity contribution in [3.63, 3.8) is 0 Å². The second-order valence-electron chi connectivity index (χ2n) is 3.92. The van der Waals surface area contributed by atoms with E-state index in [1.54, 1.807) is 30.3 Å². The lowest BCUT2D eigenvalue weighted by Gasteiger charge is -2.09. The monoisotopic (exact) mass is 357 g/mol. The molecule has 0 aromatic heterocycles. The van der Waals surface area contributed by atoms with E-state index in [9.17, 15) is 9.18 Å². The lowest BCUT2D eigenvalue weighted by molar-refractivity contribution is -0.118. The van der Waals surface area contributed by atoms with Crippen LogP contribution in [-0.4, -0.2) is 12.5 Å². The van der Waals surface area contributed by atoms with Gasteiger partial charge in [-0.2, -0.15) is 0 Å². The third-order valence-corrected chi connectivity index (χ3v) is 3.14. The fraction of sp³-hybridized carbons (Fsp3) is 0.0714. The molecule has 6 heteroatoms. The quantitative estimate of drug-likeness (QED) is 0.887. The van der Waals surface area contributed by atoms with Gasteiger partial charge in [-0.3, -0.25) is 4.79 Å². The van der Waals surface area contributed by atoms with E-state index in [1.165, 1.54) is 12.1 Å². The zero-order valence-corrected chi connectivity index (χ0v) is 12.5. The Bertz CT molecular complexity index is 616. The summed E-state index contributed by atoms with van der Waals surface area (Å²) in [6.45, 7) is -0.235. The molecule has 0 aliphatic heterocycles. The Kier molecular flexibility index (Phi) is 4.98. The molecule has 0 radical (unpaired) electrons. The number of benzene rings is 2. The summed E-state index contributed by atoms with van der Waals surface area (Å²) in [6, 6.07) is 10.9. The minimum absolute atomic E-state index is 0.235. The highest BCUT2D eigenvalue weighted by Crippen LogP contribution is 2.22. The average molecular weight is 359 g/mol. The van der Waals surface area contributed by atoms with Crippen LogP contribution in [0.1, 0.15) is 0 Å². The van der Waals surface area contributed by atoms with E-state index in [-0.39, 0.29) is 18.3 Å². The van der Waals surface area contributed by atoms with E-state index < -0.39 is 5.82 Å². The molecule has 1 amide bonds. The number of nitrogens with one attached hydrogen (secondary N) is 1. The number of ether oxygens (including phenoxy) is 1. The van der Waals surface area contributed by atoms with Crippen LogP contribution in [-0.2, 0) is 4.79 Å². The smallest absolute Gasteiger partial charge is 0.262 e. The van der Waals surface area contributed by atoms with Gasteiger partial charge >= 0.3 is 0 Å². The predicted octanol–water partition coefficient (Wildman–Crippen LogP) is 4.26. The van der Waals surface area contributed by atoms with Gasteiger partial charge in [-0.25, -0.2) is 4.39 Å². The normalized spacial score (nSPS) is 10.2. The number of amides is 1. The Balaban J connectivity index is 1.94. The maximum atomic E-state index is 13.1. The van der Waals surface area contributed by atoms with Gasteiger partial charge in [-0.1, -0.05) is 39.7 Å². The molecule has 0 saturated heterocycles. The minimum atomic E-state index is -0.444. The molecule has 0 bridgehead atoms. The molecule has 3 nitrogen and oxygen atoms in total. The molecule has 0 fully saturated rings. The Hall–Kier alpha value is -1.59. The van der Waals surface area contributed by atoms with Gasteiger partial charge in [0.2, 0.25) is 0 Å². The zero-order valence-electron chi connectivity index (χ0n) is 10.2. The van der Waals surface area contributed by atoms with Gasteiger partial charge in [0, 0.05) is 10.5 Å². The van der Waals surface area contributed by atoms with Gasteiger partial charge in [0.05, 0.1) is 10.7 Å². The van der Waals surface area contributed by atoms with Gasteiger partial charge in [-0.05, 0) is 24.3 Å². The Morgan fingerprint density at radius 3 is 2.75 bits per heavy atom. The van der Waals surface area contributed by atoms with Gasteiger partial charge < -0.3 is 10.1 Å². The summed E-state index contributed by atoms with van der Waals surface area (Å²) >= 11 is 9.06. The van der Waals surface area contributed by atoms with Crippen molar-refractivity contribution in [2.75, 3.05) is 11.9 Å². The summed E-state index contributed by atoms with van der Waals surface area (Å²) in [4.78, 5) is 11.7. The molecule has 0 aliphatic carbocycles. The second-order valence-corrected chi connectivity index (χ2v) is 5.24. The van der Waals surface area contributed by atoms with E-state index in [0.29, 0.717) is 15.2 Å². The van der Waals surface area contributed by atoms with E-state index in [0.717, 1.165) is 0 Å². The van der Waals surface area contributed by atoms with Crippen LogP contribution in [0.5, 0.6) is 5.75 Å². The van der Waals surface area contributed by atoms with Crippen LogP contribution >= 0.6 is 27.5 Å². The summed E-state index contributed by atoms with van der Waals surface area (Å²) < 4.78 is 18.9. The summed E-state index contributed by atoms with van der Waals surface area (Å²) in [5.74, 6) is -0.550. The first-order valence-electron chi connectivity index (χ1n) is 5.68. The molecule has 0 aliphatic rings. The second kappa shape index (κ2) is 6.72. The molecule has 0 saturated carbocycles. The van der Waals surface area contributed by atoms with Crippen LogP contribution in [0.4, 0.5) is 10.1 Å². The van der Waals surface area contributed by atoms with Crippen molar-refractivity contribution in [2.45, 2.75) is 0 Å². The van der Waals surface area contributed by atoms with E-state index in [2.05, 4.69) is 21.2 Å². The number of rotatable bonds is 4. The molecule has 0 atom stereocenters. The molecular formula is C14H10BrClFNO2. The van der Waals surface area contributed by atoms with Crippen molar-refractivity contribution in [2.24, 2.45) is 0 Å². The molecule has 2 aromatic carbocycles. The maximum absolute atomic E-state index is 13.1. The number of para-hydroxylation sites is 1. The van der Waals surface area contributed by atoms with Gasteiger partial charge in [0.15, 0.2) is 6.61 Å². The van der Waals surface area contributed by atoms with Gasteiger partial charge in [0.1, 0.15) is 11.6 Å². The summed E-state index contributed by atoms with van der Waals surface area (Å²) in [7, 11) is 0. The van der Waals surface area contributed by atoms with Crippen molar-refractivity contribution < 1.29 is 13.9 Å². The number of halogens is 3. The number of hydrogen-bond acceptors (Lipinski definition) is 2. The van der Waals surface area contributed by atoms with E-state index in [1.807, 2.05) is 0 Å². The molecule has 0 heterocycles. The van der Waals surface area contributed by atoms with Crippen LogP contribution in [0.3, 0.4) is 0 Å². The Labute approximate surface area is 128 Å². The number of carbonyl (C=O) groups is 1. The summed E-state index contributed by atoms with van der Waals surface area (Å²) in [5.41, 5.74) is 0.503. The molecule has 0 unspecified atom stereocenters. The first-order valence-corrected chi connectivity index (χ1v) is 6.85. The topological polar surface area (TPSA) is 38.3 Å². The van der Waals surface area contributed by atoms with Crippen LogP contribution in [0.15, 0.2) is 46.9 Å². The summed E-state index contributed by atoms with van der Waals surface area (Å²) in [6.07, 6.45) is 0. The third-order valence-electron chi connectivity index (χ3n) is 2.35. The zero-order chi connectivity index (χ0) is 14.5. The van der Waals surface area contributed by atoms with Gasteiger partial charge in [-0.15, -0.1) is 0 Å². The molecule has 1 N–H and O–H groups in total. The molecule has 20 heavy (non-hydrogen) atoms. The highest BCUT2D eigenvalue weighted by atomic mass is 79.9. The third kappa shape index (κ3) is 4.21. The van der Waals surface area contributed by atoms with E-state index >= 15 is 0 Å². The molecule has 0 spiro atoms. The van der Waals surface area contributed by atoms with Crippen molar-refractivity contribution in [3.05, 3.63) is 57.8 Å². The van der Waals surface area contributed by atoms with Crippen molar-refractivity contribution in [3.8, 4) is 5.75 Å². The van der Waals surface area contributed by atoms with Crippen LogP contribution in [0, 0.1) is 5.82 Å². The predicted molar refractivity (Wildman–Crippen MR) is 79.7 cm³/mol. The van der Waals surface area contributed by atoms with Crippen LogP contribution in [0.2, 0.25) is 5.02 Å². The number of anilines is 1. The van der Waals surface area contributed by atoms with Crippen molar-refractivity contribution in [1.29, 1.82) is 0 Å². The molecule has 104 valence electrons. The van der Waals surface area contributed by atoms with Gasteiger partial charge in [0.25, 0.3) is 5.91 Å². The molecule has 2 rings (SSSR count).